The van der Waals surface area contributed by atoms with Crippen molar-refractivity contribution in [1.29, 1.82) is 0 Å². The van der Waals surface area contributed by atoms with E-state index in [9.17, 15) is 9.59 Å². The van der Waals surface area contributed by atoms with Gasteiger partial charge in [-0.2, -0.15) is 0 Å². The van der Waals surface area contributed by atoms with E-state index in [1.54, 1.807) is 24.2 Å². The standard InChI is InChI=1S/C17H19N3O3S/c1-12(17(22)20-7-2-3-8-20)23-15(21)9-14-11-24-16(19-14)13-5-4-6-18-10-13/h4-6,10-12H,2-3,7-9H2,1H3/t12-/m1/s1. The minimum atomic E-state index is -0.743. The Morgan fingerprint density at radius 2 is 2.17 bits per heavy atom. The SMILES string of the molecule is C[C@@H](OC(=O)Cc1csc(-c2cccnc2)n1)C(=O)N1CCCC1. The monoisotopic (exact) mass is 345 g/mol. The number of carbonyl (C=O) groups is 2. The van der Waals surface area contributed by atoms with Gasteiger partial charge in [-0.25, -0.2) is 4.98 Å². The number of amides is 1. The smallest absolute Gasteiger partial charge is 0.312 e. The van der Waals surface area contributed by atoms with E-state index in [1.807, 2.05) is 17.5 Å². The van der Waals surface area contributed by atoms with Crippen LogP contribution in [0.25, 0.3) is 10.6 Å². The van der Waals surface area contributed by atoms with Crippen molar-refractivity contribution in [1.82, 2.24) is 14.9 Å². The largest absolute Gasteiger partial charge is 0.452 e. The number of thiazole rings is 1. The first-order chi connectivity index (χ1) is 11.6. The highest BCUT2D eigenvalue weighted by molar-refractivity contribution is 7.13. The Morgan fingerprint density at radius 3 is 2.88 bits per heavy atom. The highest BCUT2D eigenvalue weighted by Crippen LogP contribution is 2.23. The normalized spacial score (nSPS) is 15.3. The van der Waals surface area contributed by atoms with Crippen LogP contribution in [0.15, 0.2) is 29.9 Å². The summed E-state index contributed by atoms with van der Waals surface area (Å²) in [7, 11) is 0. The van der Waals surface area contributed by atoms with Crippen molar-refractivity contribution in [3.63, 3.8) is 0 Å². The van der Waals surface area contributed by atoms with E-state index in [1.165, 1.54) is 11.3 Å². The second kappa shape index (κ2) is 7.53. The second-order valence-electron chi connectivity index (χ2n) is 5.73. The summed E-state index contributed by atoms with van der Waals surface area (Å²) in [6, 6.07) is 3.76. The highest BCUT2D eigenvalue weighted by atomic mass is 32.1. The molecule has 1 amide bonds. The van der Waals surface area contributed by atoms with E-state index < -0.39 is 12.1 Å². The fourth-order valence-corrected chi connectivity index (χ4v) is 3.45. The van der Waals surface area contributed by atoms with Crippen molar-refractivity contribution < 1.29 is 14.3 Å². The molecule has 3 rings (SSSR count). The molecule has 2 aromatic heterocycles. The van der Waals surface area contributed by atoms with Crippen LogP contribution in [0.3, 0.4) is 0 Å². The molecule has 0 aromatic carbocycles. The molecule has 24 heavy (non-hydrogen) atoms. The fourth-order valence-electron chi connectivity index (χ4n) is 2.64. The lowest BCUT2D eigenvalue weighted by molar-refractivity contribution is -0.158. The Morgan fingerprint density at radius 1 is 1.38 bits per heavy atom. The quantitative estimate of drug-likeness (QED) is 0.778. The average molecular weight is 345 g/mol. The van der Waals surface area contributed by atoms with Gasteiger partial charge < -0.3 is 9.64 Å². The number of pyridine rings is 1. The van der Waals surface area contributed by atoms with Crippen LogP contribution < -0.4 is 0 Å². The van der Waals surface area contributed by atoms with E-state index in [0.717, 1.165) is 36.5 Å². The molecule has 1 fully saturated rings. The van der Waals surface area contributed by atoms with E-state index in [2.05, 4.69) is 9.97 Å². The van der Waals surface area contributed by atoms with Gasteiger partial charge in [-0.05, 0) is 31.9 Å². The second-order valence-corrected chi connectivity index (χ2v) is 6.59. The Balaban J connectivity index is 1.55. The molecule has 6 nitrogen and oxygen atoms in total. The number of aromatic nitrogens is 2. The number of hydrogen-bond acceptors (Lipinski definition) is 6. The van der Waals surface area contributed by atoms with Gasteiger partial charge >= 0.3 is 5.97 Å². The first-order valence-electron chi connectivity index (χ1n) is 7.96. The summed E-state index contributed by atoms with van der Waals surface area (Å²) in [6.07, 6.45) is 4.79. The van der Waals surface area contributed by atoms with Crippen molar-refractivity contribution in [2.75, 3.05) is 13.1 Å². The maximum Gasteiger partial charge on any atom is 0.312 e. The Bertz CT molecular complexity index is 711. The topological polar surface area (TPSA) is 72.4 Å². The fraction of sp³-hybridized carbons (Fsp3) is 0.412. The summed E-state index contributed by atoms with van der Waals surface area (Å²) in [5.74, 6) is -0.548. The van der Waals surface area contributed by atoms with Crippen LogP contribution >= 0.6 is 11.3 Å². The summed E-state index contributed by atoms with van der Waals surface area (Å²) in [5, 5.41) is 2.64. The van der Waals surface area contributed by atoms with Gasteiger partial charge in [0.2, 0.25) is 0 Å². The van der Waals surface area contributed by atoms with Crippen LogP contribution in [0.4, 0.5) is 0 Å². The lowest BCUT2D eigenvalue weighted by atomic mass is 10.3. The molecule has 0 N–H and O–H groups in total. The van der Waals surface area contributed by atoms with E-state index in [0.29, 0.717) is 5.69 Å². The maximum absolute atomic E-state index is 12.2. The third-order valence-electron chi connectivity index (χ3n) is 3.86. The van der Waals surface area contributed by atoms with Crippen molar-refractivity contribution in [3.05, 3.63) is 35.6 Å². The van der Waals surface area contributed by atoms with E-state index >= 15 is 0 Å². The minimum Gasteiger partial charge on any atom is -0.452 e. The van der Waals surface area contributed by atoms with Crippen LogP contribution in [0.5, 0.6) is 0 Å². The van der Waals surface area contributed by atoms with Gasteiger partial charge in [-0.15, -0.1) is 11.3 Å². The van der Waals surface area contributed by atoms with Crippen LogP contribution in [0, 0.1) is 0 Å². The summed E-state index contributed by atoms with van der Waals surface area (Å²) < 4.78 is 5.27. The van der Waals surface area contributed by atoms with Crippen LogP contribution in [-0.4, -0.2) is 45.9 Å². The molecule has 0 saturated carbocycles. The zero-order chi connectivity index (χ0) is 16.9. The van der Waals surface area contributed by atoms with Crippen molar-refractivity contribution in [2.45, 2.75) is 32.3 Å². The maximum atomic E-state index is 12.2. The third kappa shape index (κ3) is 3.97. The molecule has 0 unspecified atom stereocenters. The van der Waals surface area contributed by atoms with Crippen molar-refractivity contribution in [2.24, 2.45) is 0 Å². The van der Waals surface area contributed by atoms with Gasteiger partial charge in [0.25, 0.3) is 5.91 Å². The number of rotatable bonds is 5. The molecule has 1 aliphatic heterocycles. The molecule has 2 aromatic rings. The van der Waals surface area contributed by atoms with E-state index in [-0.39, 0.29) is 12.3 Å². The number of ether oxygens (including phenoxy) is 1. The molecule has 3 heterocycles. The minimum absolute atomic E-state index is 0.0639. The first-order valence-corrected chi connectivity index (χ1v) is 8.84. The van der Waals surface area contributed by atoms with Crippen LogP contribution in [0.1, 0.15) is 25.5 Å². The van der Waals surface area contributed by atoms with Crippen LogP contribution in [-0.2, 0) is 20.7 Å². The van der Waals surface area contributed by atoms with E-state index in [4.69, 9.17) is 4.74 Å². The number of likely N-dealkylation sites (tertiary alicyclic amines) is 1. The molecule has 1 aliphatic rings. The Hall–Kier alpha value is -2.28. The summed E-state index contributed by atoms with van der Waals surface area (Å²) >= 11 is 1.46. The predicted octanol–water partition coefficient (Wildman–Crippen LogP) is 2.30. The predicted molar refractivity (Wildman–Crippen MR) is 90.4 cm³/mol. The number of carbonyl (C=O) groups excluding carboxylic acids is 2. The lowest BCUT2D eigenvalue weighted by Crippen LogP contribution is -2.38. The van der Waals surface area contributed by atoms with Gasteiger partial charge in [0.15, 0.2) is 6.10 Å². The summed E-state index contributed by atoms with van der Waals surface area (Å²) in [5.41, 5.74) is 1.56. The molecule has 1 atom stereocenters. The van der Waals surface area contributed by atoms with Gasteiger partial charge in [-0.3, -0.25) is 14.6 Å². The molecule has 0 radical (unpaired) electrons. The molecule has 0 aliphatic carbocycles. The zero-order valence-corrected chi connectivity index (χ0v) is 14.3. The number of esters is 1. The molecule has 126 valence electrons. The molecule has 0 spiro atoms. The Kier molecular flexibility index (Phi) is 5.20. The van der Waals surface area contributed by atoms with Crippen molar-refractivity contribution in [3.8, 4) is 10.6 Å². The lowest BCUT2D eigenvalue weighted by Gasteiger charge is -2.20. The molecule has 0 bridgehead atoms. The van der Waals surface area contributed by atoms with Gasteiger partial charge in [-0.1, -0.05) is 0 Å². The highest BCUT2D eigenvalue weighted by Gasteiger charge is 2.26. The number of nitrogens with zero attached hydrogens (tertiary/aromatic N) is 3. The van der Waals surface area contributed by atoms with Crippen LogP contribution in [0.2, 0.25) is 0 Å². The molecule has 7 heteroatoms. The third-order valence-corrected chi connectivity index (χ3v) is 4.80. The molecule has 1 saturated heterocycles. The average Bonchev–Trinajstić information content (AvgIpc) is 3.26. The zero-order valence-electron chi connectivity index (χ0n) is 13.5. The first kappa shape index (κ1) is 16.6. The van der Waals surface area contributed by atoms with Gasteiger partial charge in [0.1, 0.15) is 5.01 Å². The van der Waals surface area contributed by atoms with Crippen molar-refractivity contribution >= 4 is 23.2 Å². The van der Waals surface area contributed by atoms with Gasteiger partial charge in [0.05, 0.1) is 12.1 Å². The summed E-state index contributed by atoms with van der Waals surface area (Å²) in [6.45, 7) is 3.13. The molecular formula is C17H19N3O3S. The number of hydrogen-bond donors (Lipinski definition) is 0. The summed E-state index contributed by atoms with van der Waals surface area (Å²) in [4.78, 5) is 34.4. The Labute approximate surface area is 144 Å². The van der Waals surface area contributed by atoms with Gasteiger partial charge in [0, 0.05) is 36.4 Å². The molecular weight excluding hydrogens is 326 g/mol.